The van der Waals surface area contributed by atoms with Crippen LogP contribution >= 0.6 is 11.3 Å². The van der Waals surface area contributed by atoms with E-state index in [9.17, 15) is 4.79 Å². The predicted molar refractivity (Wildman–Crippen MR) is 81.0 cm³/mol. The average Bonchev–Trinajstić information content (AvgIpc) is 2.90. The Hall–Kier alpha value is -2.32. The lowest BCUT2D eigenvalue weighted by molar-refractivity contribution is -0.121. The van der Waals surface area contributed by atoms with Crippen LogP contribution in [0.3, 0.4) is 0 Å². The molecule has 0 saturated carbocycles. The van der Waals surface area contributed by atoms with Crippen LogP contribution in [0.5, 0.6) is 0 Å². The first-order valence-electron chi connectivity index (χ1n) is 6.31. The number of nitrogens with zero attached hydrogens (tertiary/aromatic N) is 3. The normalized spacial score (nSPS) is 10.9. The molecule has 2 N–H and O–H groups in total. The molecule has 21 heavy (non-hydrogen) atoms. The standard InChI is InChI=1S/C13H13N5O2S/c1-20-6-4-9(19)17-18-12-11-10(15-7-16-12)8-3-2-5-14-13(8)21-11/h2-3,5,7H,4,6H2,1H3,(H,17,19)(H,15,16,18). The van der Waals surface area contributed by atoms with Crippen molar-refractivity contribution in [3.63, 3.8) is 0 Å². The molecule has 7 nitrogen and oxygen atoms in total. The van der Waals surface area contributed by atoms with Gasteiger partial charge in [-0.2, -0.15) is 0 Å². The van der Waals surface area contributed by atoms with Crippen molar-refractivity contribution in [1.82, 2.24) is 20.4 Å². The van der Waals surface area contributed by atoms with Crippen LogP contribution in [-0.4, -0.2) is 34.6 Å². The Morgan fingerprint density at radius 2 is 2.29 bits per heavy atom. The van der Waals surface area contributed by atoms with Gasteiger partial charge in [-0.05, 0) is 12.1 Å². The molecule has 108 valence electrons. The van der Waals surface area contributed by atoms with Gasteiger partial charge in [-0.15, -0.1) is 11.3 Å². The molecule has 0 unspecified atom stereocenters. The number of anilines is 1. The molecule has 0 radical (unpaired) electrons. The number of hydrogen-bond acceptors (Lipinski definition) is 7. The summed E-state index contributed by atoms with van der Waals surface area (Å²) in [4.78, 5) is 25.2. The molecular formula is C13H13N5O2S. The molecule has 0 aliphatic heterocycles. The van der Waals surface area contributed by atoms with Crippen LogP contribution in [0.25, 0.3) is 20.4 Å². The molecule has 0 atom stereocenters. The molecule has 0 aliphatic carbocycles. The molecule has 0 aliphatic rings. The summed E-state index contributed by atoms with van der Waals surface area (Å²) >= 11 is 1.48. The SMILES string of the molecule is COCCC(=O)NNc1ncnc2c1sc1ncccc12. The number of amides is 1. The molecule has 3 rings (SSSR count). The third kappa shape index (κ3) is 2.76. The van der Waals surface area contributed by atoms with E-state index >= 15 is 0 Å². The van der Waals surface area contributed by atoms with Crippen LogP contribution < -0.4 is 10.9 Å². The molecule has 1 amide bonds. The number of hydrazine groups is 1. The Morgan fingerprint density at radius 1 is 1.38 bits per heavy atom. The first-order chi connectivity index (χ1) is 10.3. The van der Waals surface area contributed by atoms with Gasteiger partial charge in [0, 0.05) is 18.7 Å². The van der Waals surface area contributed by atoms with Crippen LogP contribution in [0.2, 0.25) is 0 Å². The summed E-state index contributed by atoms with van der Waals surface area (Å²) in [5.74, 6) is 0.400. The summed E-state index contributed by atoms with van der Waals surface area (Å²) in [6, 6.07) is 3.84. The van der Waals surface area contributed by atoms with Gasteiger partial charge in [0.1, 0.15) is 11.2 Å². The quantitative estimate of drug-likeness (QED) is 0.698. The summed E-state index contributed by atoms with van der Waals surface area (Å²) in [5, 5.41) is 0.980. The van der Waals surface area contributed by atoms with Crippen molar-refractivity contribution in [2.45, 2.75) is 6.42 Å². The van der Waals surface area contributed by atoms with Crippen molar-refractivity contribution in [2.24, 2.45) is 0 Å². The molecule has 0 fully saturated rings. The number of hydrogen-bond donors (Lipinski definition) is 2. The lowest BCUT2D eigenvalue weighted by Gasteiger charge is -2.07. The van der Waals surface area contributed by atoms with E-state index in [0.29, 0.717) is 12.4 Å². The highest BCUT2D eigenvalue weighted by atomic mass is 32.1. The van der Waals surface area contributed by atoms with Crippen molar-refractivity contribution < 1.29 is 9.53 Å². The summed E-state index contributed by atoms with van der Waals surface area (Å²) in [6.45, 7) is 0.375. The number of nitrogens with one attached hydrogen (secondary N) is 2. The maximum absolute atomic E-state index is 11.6. The van der Waals surface area contributed by atoms with E-state index < -0.39 is 0 Å². The predicted octanol–water partition coefficient (Wildman–Crippen LogP) is 1.72. The van der Waals surface area contributed by atoms with Crippen molar-refractivity contribution in [3.05, 3.63) is 24.7 Å². The average molecular weight is 303 g/mol. The van der Waals surface area contributed by atoms with Gasteiger partial charge in [-0.1, -0.05) is 0 Å². The van der Waals surface area contributed by atoms with Crippen LogP contribution in [0, 0.1) is 0 Å². The molecule has 3 aromatic heterocycles. The van der Waals surface area contributed by atoms with E-state index in [1.54, 1.807) is 13.3 Å². The number of ether oxygens (including phenoxy) is 1. The fraction of sp³-hybridized carbons (Fsp3) is 0.231. The van der Waals surface area contributed by atoms with E-state index in [4.69, 9.17) is 4.74 Å². The van der Waals surface area contributed by atoms with Crippen LogP contribution in [0.1, 0.15) is 6.42 Å². The molecular weight excluding hydrogens is 290 g/mol. The van der Waals surface area contributed by atoms with Crippen LogP contribution in [-0.2, 0) is 9.53 Å². The second-order valence-electron chi connectivity index (χ2n) is 4.27. The van der Waals surface area contributed by atoms with Gasteiger partial charge in [0.05, 0.1) is 23.2 Å². The Kier molecular flexibility index (Phi) is 3.89. The Balaban J connectivity index is 1.87. The molecule has 0 aromatic carbocycles. The molecule has 8 heteroatoms. The highest BCUT2D eigenvalue weighted by Gasteiger charge is 2.12. The van der Waals surface area contributed by atoms with Gasteiger partial charge >= 0.3 is 0 Å². The van der Waals surface area contributed by atoms with Gasteiger partial charge in [0.25, 0.3) is 0 Å². The Morgan fingerprint density at radius 3 is 3.14 bits per heavy atom. The number of carbonyl (C=O) groups is 1. The number of aromatic nitrogens is 3. The maximum atomic E-state index is 11.6. The number of fused-ring (bicyclic) bond motifs is 3. The lowest BCUT2D eigenvalue weighted by atomic mass is 10.3. The van der Waals surface area contributed by atoms with E-state index in [2.05, 4.69) is 25.8 Å². The molecule has 0 saturated heterocycles. The fourth-order valence-electron chi connectivity index (χ4n) is 1.89. The van der Waals surface area contributed by atoms with Gasteiger partial charge in [0.15, 0.2) is 5.82 Å². The number of thiophene rings is 1. The zero-order valence-electron chi connectivity index (χ0n) is 11.3. The summed E-state index contributed by atoms with van der Waals surface area (Å²) in [5.41, 5.74) is 6.26. The summed E-state index contributed by atoms with van der Waals surface area (Å²) in [7, 11) is 1.55. The third-order valence-corrected chi connectivity index (χ3v) is 3.99. The summed E-state index contributed by atoms with van der Waals surface area (Å²) < 4.78 is 5.71. The molecule has 3 aromatic rings. The highest BCUT2D eigenvalue weighted by Crippen LogP contribution is 2.33. The van der Waals surface area contributed by atoms with Gasteiger partial charge in [0.2, 0.25) is 5.91 Å². The number of methoxy groups -OCH3 is 1. The summed E-state index contributed by atoms with van der Waals surface area (Å²) in [6.07, 6.45) is 3.49. The zero-order chi connectivity index (χ0) is 14.7. The largest absolute Gasteiger partial charge is 0.384 e. The van der Waals surface area contributed by atoms with Crippen molar-refractivity contribution in [1.29, 1.82) is 0 Å². The van der Waals surface area contributed by atoms with Crippen LogP contribution in [0.4, 0.5) is 5.82 Å². The third-order valence-electron chi connectivity index (χ3n) is 2.88. The first-order valence-corrected chi connectivity index (χ1v) is 7.13. The van der Waals surface area contributed by atoms with E-state index in [1.165, 1.54) is 17.7 Å². The fourth-order valence-corrected chi connectivity index (χ4v) is 2.93. The minimum Gasteiger partial charge on any atom is -0.384 e. The van der Waals surface area contributed by atoms with E-state index in [1.807, 2.05) is 12.1 Å². The number of pyridine rings is 1. The zero-order valence-corrected chi connectivity index (χ0v) is 12.1. The Labute approximate surface area is 124 Å². The monoisotopic (exact) mass is 303 g/mol. The second-order valence-corrected chi connectivity index (χ2v) is 5.27. The molecule has 0 spiro atoms. The smallest absolute Gasteiger partial charge is 0.240 e. The molecule has 0 bridgehead atoms. The van der Waals surface area contributed by atoms with Crippen LogP contribution in [0.15, 0.2) is 24.7 Å². The molecule has 3 heterocycles. The minimum absolute atomic E-state index is 0.164. The maximum Gasteiger partial charge on any atom is 0.240 e. The van der Waals surface area contributed by atoms with Crippen molar-refractivity contribution >= 4 is 43.5 Å². The van der Waals surface area contributed by atoms with Gasteiger partial charge in [-0.3, -0.25) is 15.6 Å². The topological polar surface area (TPSA) is 89.0 Å². The number of rotatable bonds is 5. The van der Waals surface area contributed by atoms with E-state index in [-0.39, 0.29) is 12.3 Å². The first kappa shape index (κ1) is 13.7. The highest BCUT2D eigenvalue weighted by molar-refractivity contribution is 7.25. The second kappa shape index (κ2) is 5.98. The minimum atomic E-state index is -0.164. The Bertz CT molecular complexity index is 788. The van der Waals surface area contributed by atoms with Crippen molar-refractivity contribution in [2.75, 3.05) is 19.1 Å². The van der Waals surface area contributed by atoms with E-state index in [0.717, 1.165) is 20.4 Å². The number of carbonyl (C=O) groups excluding carboxylic acids is 1. The van der Waals surface area contributed by atoms with Crippen molar-refractivity contribution in [3.8, 4) is 0 Å². The van der Waals surface area contributed by atoms with Gasteiger partial charge < -0.3 is 4.74 Å². The lowest BCUT2D eigenvalue weighted by Crippen LogP contribution is -2.30. The van der Waals surface area contributed by atoms with Gasteiger partial charge in [-0.25, -0.2) is 15.0 Å².